The van der Waals surface area contributed by atoms with Crippen LogP contribution in [0.15, 0.2) is 24.3 Å². The van der Waals surface area contributed by atoms with E-state index < -0.39 is 11.7 Å². The van der Waals surface area contributed by atoms with Crippen molar-refractivity contribution >= 4 is 17.6 Å². The molecule has 0 radical (unpaired) electrons. The van der Waals surface area contributed by atoms with E-state index in [-0.39, 0.29) is 17.4 Å². The highest BCUT2D eigenvalue weighted by atomic mass is 19.4. The summed E-state index contributed by atoms with van der Waals surface area (Å²) in [6.07, 6.45) is 2.57. The van der Waals surface area contributed by atoms with Gasteiger partial charge in [-0.15, -0.1) is 0 Å². The number of hydrogen-bond acceptors (Lipinski definition) is 2. The van der Waals surface area contributed by atoms with E-state index in [1.807, 2.05) is 4.90 Å². The Balaban J connectivity index is 1.27. The molecule has 0 bridgehead atoms. The van der Waals surface area contributed by atoms with Gasteiger partial charge in [0.1, 0.15) is 0 Å². The summed E-state index contributed by atoms with van der Waals surface area (Å²) in [7, 11) is 0. The molecule has 1 spiro atoms. The number of benzene rings is 1. The molecule has 1 aromatic carbocycles. The van der Waals surface area contributed by atoms with Gasteiger partial charge in [-0.05, 0) is 80.5 Å². The second-order valence-corrected chi connectivity index (χ2v) is 9.96. The number of halogens is 3. The lowest BCUT2D eigenvalue weighted by Gasteiger charge is -2.41. The Bertz CT molecular complexity index is 824. The minimum absolute atomic E-state index is 0.0370. The van der Waals surface area contributed by atoms with Crippen LogP contribution in [-0.4, -0.2) is 47.9 Å². The molecule has 2 aliphatic heterocycles. The van der Waals surface area contributed by atoms with E-state index in [1.165, 1.54) is 12.1 Å². The molecule has 5 nitrogen and oxygen atoms in total. The number of rotatable bonds is 2. The standard InChI is InChI=1S/C24H32F3N3O2/c1-17-2-4-18(5-3-17)21(31)29-13-10-23(11-14-29)12-15-30(16-23)22(32)28-20-8-6-19(7-9-20)24(25,26)27/h6-9,17-18H,2-5,10-16H2,1H3,(H,28,32). The van der Waals surface area contributed by atoms with Gasteiger partial charge in [-0.2, -0.15) is 13.2 Å². The number of amides is 3. The van der Waals surface area contributed by atoms with E-state index in [4.69, 9.17) is 0 Å². The van der Waals surface area contributed by atoms with Gasteiger partial charge in [-0.1, -0.05) is 6.92 Å². The minimum atomic E-state index is -4.39. The SMILES string of the molecule is CC1CCC(C(=O)N2CCC3(CCN(C(=O)Nc4ccc(C(F)(F)F)cc4)C3)CC2)CC1. The zero-order valence-electron chi connectivity index (χ0n) is 18.6. The Morgan fingerprint density at radius 2 is 1.50 bits per heavy atom. The molecule has 1 aliphatic carbocycles. The zero-order chi connectivity index (χ0) is 22.9. The molecular weight excluding hydrogens is 419 g/mol. The highest BCUT2D eigenvalue weighted by Gasteiger charge is 2.43. The third-order valence-corrected chi connectivity index (χ3v) is 7.69. The quantitative estimate of drug-likeness (QED) is 0.657. The van der Waals surface area contributed by atoms with E-state index in [2.05, 4.69) is 12.2 Å². The third-order valence-electron chi connectivity index (χ3n) is 7.69. The van der Waals surface area contributed by atoms with Crippen LogP contribution in [0.2, 0.25) is 0 Å². The predicted molar refractivity (Wildman–Crippen MR) is 116 cm³/mol. The number of carbonyl (C=O) groups excluding carboxylic acids is 2. The van der Waals surface area contributed by atoms with E-state index in [1.54, 1.807) is 4.90 Å². The largest absolute Gasteiger partial charge is 0.416 e. The first-order chi connectivity index (χ1) is 15.2. The molecule has 2 heterocycles. The van der Waals surface area contributed by atoms with E-state index >= 15 is 0 Å². The molecule has 4 rings (SSSR count). The molecule has 2 saturated heterocycles. The van der Waals surface area contributed by atoms with Crippen molar-refractivity contribution in [2.45, 2.75) is 58.0 Å². The van der Waals surface area contributed by atoms with Crippen molar-refractivity contribution < 1.29 is 22.8 Å². The van der Waals surface area contributed by atoms with Crippen molar-refractivity contribution in [2.75, 3.05) is 31.5 Å². The highest BCUT2D eigenvalue weighted by molar-refractivity contribution is 5.89. The fraction of sp³-hybridized carbons (Fsp3) is 0.667. The molecule has 1 N–H and O–H groups in total. The lowest BCUT2D eigenvalue weighted by atomic mass is 9.77. The van der Waals surface area contributed by atoms with Crippen molar-refractivity contribution in [3.8, 4) is 0 Å². The Morgan fingerprint density at radius 3 is 2.06 bits per heavy atom. The Kier molecular flexibility index (Phi) is 6.41. The van der Waals surface area contributed by atoms with Gasteiger partial charge >= 0.3 is 12.2 Å². The number of likely N-dealkylation sites (tertiary alicyclic amines) is 2. The van der Waals surface area contributed by atoms with Crippen LogP contribution >= 0.6 is 0 Å². The van der Waals surface area contributed by atoms with Gasteiger partial charge in [0, 0.05) is 37.8 Å². The summed E-state index contributed by atoms with van der Waals surface area (Å²) in [5, 5.41) is 2.71. The van der Waals surface area contributed by atoms with Gasteiger partial charge in [-0.25, -0.2) is 4.79 Å². The maximum absolute atomic E-state index is 12.9. The van der Waals surface area contributed by atoms with Crippen LogP contribution in [-0.2, 0) is 11.0 Å². The fourth-order valence-electron chi connectivity index (χ4n) is 5.43. The van der Waals surface area contributed by atoms with Crippen molar-refractivity contribution in [1.82, 2.24) is 9.80 Å². The van der Waals surface area contributed by atoms with Crippen molar-refractivity contribution in [3.05, 3.63) is 29.8 Å². The minimum Gasteiger partial charge on any atom is -0.342 e. The monoisotopic (exact) mass is 451 g/mol. The lowest BCUT2D eigenvalue weighted by Crippen LogP contribution is -2.47. The van der Waals surface area contributed by atoms with Gasteiger partial charge < -0.3 is 15.1 Å². The topological polar surface area (TPSA) is 52.7 Å². The normalized spacial score (nSPS) is 25.8. The summed E-state index contributed by atoms with van der Waals surface area (Å²) in [5.74, 6) is 1.21. The van der Waals surface area contributed by atoms with Crippen LogP contribution < -0.4 is 5.32 Å². The average molecular weight is 452 g/mol. The average Bonchev–Trinajstić information content (AvgIpc) is 3.18. The van der Waals surface area contributed by atoms with Gasteiger partial charge in [-0.3, -0.25) is 4.79 Å². The van der Waals surface area contributed by atoms with Gasteiger partial charge in [0.05, 0.1) is 5.56 Å². The number of piperidine rings is 1. The Morgan fingerprint density at radius 1 is 0.938 bits per heavy atom. The van der Waals surface area contributed by atoms with Crippen LogP contribution in [0.3, 0.4) is 0 Å². The smallest absolute Gasteiger partial charge is 0.342 e. The van der Waals surface area contributed by atoms with Crippen LogP contribution in [0, 0.1) is 17.3 Å². The van der Waals surface area contributed by atoms with Crippen LogP contribution in [0.1, 0.15) is 57.4 Å². The van der Waals surface area contributed by atoms with Crippen molar-refractivity contribution in [1.29, 1.82) is 0 Å². The number of nitrogens with one attached hydrogen (secondary N) is 1. The molecule has 0 unspecified atom stereocenters. The number of anilines is 1. The molecule has 1 saturated carbocycles. The third kappa shape index (κ3) is 5.04. The number of hydrogen-bond donors (Lipinski definition) is 1. The summed E-state index contributed by atoms with van der Waals surface area (Å²) in [6.45, 7) is 5.01. The molecule has 3 amide bonds. The Hall–Kier alpha value is -2.25. The molecule has 3 aliphatic rings. The fourth-order valence-corrected chi connectivity index (χ4v) is 5.43. The first-order valence-electron chi connectivity index (χ1n) is 11.7. The molecule has 176 valence electrons. The van der Waals surface area contributed by atoms with E-state index in [9.17, 15) is 22.8 Å². The van der Waals surface area contributed by atoms with Crippen LogP contribution in [0.25, 0.3) is 0 Å². The lowest BCUT2D eigenvalue weighted by molar-refractivity contribution is -0.139. The highest BCUT2D eigenvalue weighted by Crippen LogP contribution is 2.41. The molecular formula is C24H32F3N3O2. The maximum atomic E-state index is 12.9. The van der Waals surface area contributed by atoms with Gasteiger partial charge in [0.2, 0.25) is 5.91 Å². The van der Waals surface area contributed by atoms with Crippen molar-refractivity contribution in [2.24, 2.45) is 17.3 Å². The van der Waals surface area contributed by atoms with Crippen LogP contribution in [0.4, 0.5) is 23.7 Å². The molecule has 32 heavy (non-hydrogen) atoms. The first kappa shape index (κ1) is 22.9. The summed E-state index contributed by atoms with van der Waals surface area (Å²) in [6, 6.07) is 4.23. The predicted octanol–water partition coefficient (Wildman–Crippen LogP) is 5.38. The number of alkyl halides is 3. The summed E-state index contributed by atoms with van der Waals surface area (Å²) in [4.78, 5) is 29.3. The van der Waals surface area contributed by atoms with Gasteiger partial charge in [0.25, 0.3) is 0 Å². The molecule has 0 aromatic heterocycles. The van der Waals surface area contributed by atoms with Gasteiger partial charge in [0.15, 0.2) is 0 Å². The summed E-state index contributed by atoms with van der Waals surface area (Å²) >= 11 is 0. The molecule has 8 heteroatoms. The molecule has 1 aromatic rings. The van der Waals surface area contributed by atoms with Crippen LogP contribution in [0.5, 0.6) is 0 Å². The maximum Gasteiger partial charge on any atom is 0.416 e. The number of urea groups is 1. The zero-order valence-corrected chi connectivity index (χ0v) is 18.6. The van der Waals surface area contributed by atoms with Crippen molar-refractivity contribution in [3.63, 3.8) is 0 Å². The summed E-state index contributed by atoms with van der Waals surface area (Å²) < 4.78 is 38.1. The first-order valence-corrected chi connectivity index (χ1v) is 11.7. The number of nitrogens with zero attached hydrogens (tertiary/aromatic N) is 2. The van der Waals surface area contributed by atoms with E-state index in [0.717, 1.165) is 76.1 Å². The molecule has 0 atom stereocenters. The second kappa shape index (κ2) is 8.94. The second-order valence-electron chi connectivity index (χ2n) is 9.96. The Labute approximate surface area is 187 Å². The summed E-state index contributed by atoms with van der Waals surface area (Å²) in [5.41, 5.74) is -0.346. The van der Waals surface area contributed by atoms with E-state index in [0.29, 0.717) is 24.7 Å². The number of carbonyl (C=O) groups is 2. The molecule has 3 fully saturated rings.